The van der Waals surface area contributed by atoms with Gasteiger partial charge in [-0.3, -0.25) is 4.31 Å². The van der Waals surface area contributed by atoms with Crippen molar-refractivity contribution in [1.82, 2.24) is 0 Å². The molecule has 0 N–H and O–H groups in total. The van der Waals surface area contributed by atoms with Gasteiger partial charge in [0, 0.05) is 6.54 Å². The molecule has 0 fully saturated rings. The number of benzene rings is 2. The van der Waals surface area contributed by atoms with Gasteiger partial charge < -0.3 is 9.47 Å². The van der Waals surface area contributed by atoms with Crippen LogP contribution in [-0.2, 0) is 14.8 Å². The Morgan fingerprint density at radius 1 is 1.12 bits per heavy atom. The molecule has 0 aliphatic rings. The van der Waals surface area contributed by atoms with Crippen molar-refractivity contribution in [2.24, 2.45) is 0 Å². The molecule has 2 rings (SSSR count). The number of anilines is 1. The molecule has 140 valence electrons. The molecule has 0 aliphatic carbocycles. The van der Waals surface area contributed by atoms with Crippen LogP contribution in [0.25, 0.3) is 0 Å². The third-order valence-electron chi connectivity index (χ3n) is 3.64. The maximum absolute atomic E-state index is 13.1. The summed E-state index contributed by atoms with van der Waals surface area (Å²) in [4.78, 5) is 11.6. The first-order valence-corrected chi connectivity index (χ1v) is 9.70. The number of methoxy groups -OCH3 is 2. The Hall–Kier alpha value is -1.96. The molecule has 0 aromatic heterocycles. The molecule has 0 unspecified atom stereocenters. The van der Waals surface area contributed by atoms with Gasteiger partial charge in [0.1, 0.15) is 15.7 Å². The Morgan fingerprint density at radius 3 is 2.38 bits per heavy atom. The minimum atomic E-state index is -4.02. The van der Waals surface area contributed by atoms with Gasteiger partial charge in [-0.2, -0.15) is 0 Å². The van der Waals surface area contributed by atoms with E-state index in [0.717, 1.165) is 4.31 Å². The van der Waals surface area contributed by atoms with Gasteiger partial charge in [-0.05, 0) is 37.3 Å². The molecule has 26 heavy (non-hydrogen) atoms. The van der Waals surface area contributed by atoms with Gasteiger partial charge in [0.25, 0.3) is 10.0 Å². The SMILES string of the molecule is CCN(c1cccc(C(=O)OC)c1)S(=O)(=O)c1ccc(OC)c(Cl)c1Cl. The van der Waals surface area contributed by atoms with E-state index in [1.807, 2.05) is 0 Å². The van der Waals surface area contributed by atoms with Crippen LogP contribution < -0.4 is 9.04 Å². The summed E-state index contributed by atoms with van der Waals surface area (Å²) in [5.74, 6) is -0.294. The average Bonchev–Trinajstić information content (AvgIpc) is 2.63. The number of ether oxygens (including phenoxy) is 2. The molecule has 0 heterocycles. The van der Waals surface area contributed by atoms with E-state index < -0.39 is 16.0 Å². The van der Waals surface area contributed by atoms with E-state index in [1.54, 1.807) is 19.1 Å². The summed E-state index contributed by atoms with van der Waals surface area (Å²) in [6, 6.07) is 8.88. The van der Waals surface area contributed by atoms with Crippen LogP contribution in [0.4, 0.5) is 5.69 Å². The number of rotatable bonds is 6. The average molecular weight is 418 g/mol. The van der Waals surface area contributed by atoms with Gasteiger partial charge in [0.2, 0.25) is 0 Å². The number of hydrogen-bond donors (Lipinski definition) is 0. The van der Waals surface area contributed by atoms with Crippen molar-refractivity contribution in [3.8, 4) is 5.75 Å². The van der Waals surface area contributed by atoms with Crippen molar-refractivity contribution >= 4 is 44.9 Å². The Bertz CT molecular complexity index is 931. The van der Waals surface area contributed by atoms with Crippen LogP contribution in [0.5, 0.6) is 5.75 Å². The molecule has 0 atom stereocenters. The number of halogens is 2. The summed E-state index contributed by atoms with van der Waals surface area (Å²) >= 11 is 12.2. The van der Waals surface area contributed by atoms with E-state index in [-0.39, 0.29) is 32.8 Å². The lowest BCUT2D eigenvalue weighted by molar-refractivity contribution is 0.0600. The van der Waals surface area contributed by atoms with Crippen LogP contribution in [0.15, 0.2) is 41.3 Å². The van der Waals surface area contributed by atoms with Gasteiger partial charge >= 0.3 is 5.97 Å². The molecule has 0 spiro atoms. The minimum absolute atomic E-state index is 0.00889. The fraction of sp³-hybridized carbons (Fsp3) is 0.235. The van der Waals surface area contributed by atoms with E-state index in [4.69, 9.17) is 27.9 Å². The lowest BCUT2D eigenvalue weighted by Crippen LogP contribution is -2.31. The second-order valence-corrected chi connectivity index (χ2v) is 7.69. The van der Waals surface area contributed by atoms with Crippen LogP contribution in [0, 0.1) is 0 Å². The van der Waals surface area contributed by atoms with Crippen LogP contribution >= 0.6 is 23.2 Å². The predicted molar refractivity (Wildman–Crippen MR) is 101 cm³/mol. The van der Waals surface area contributed by atoms with Crippen molar-refractivity contribution in [3.63, 3.8) is 0 Å². The van der Waals surface area contributed by atoms with Crippen molar-refractivity contribution in [1.29, 1.82) is 0 Å². The molecule has 0 radical (unpaired) electrons. The summed E-state index contributed by atoms with van der Waals surface area (Å²) in [5, 5.41) is -0.122. The zero-order chi connectivity index (χ0) is 19.5. The first-order chi connectivity index (χ1) is 12.3. The Kier molecular flexibility index (Phi) is 6.39. The highest BCUT2D eigenvalue weighted by atomic mass is 35.5. The Morgan fingerprint density at radius 2 is 1.81 bits per heavy atom. The molecule has 0 saturated heterocycles. The zero-order valence-electron chi connectivity index (χ0n) is 14.3. The van der Waals surface area contributed by atoms with Crippen molar-refractivity contribution in [3.05, 3.63) is 52.0 Å². The van der Waals surface area contributed by atoms with E-state index in [1.165, 1.54) is 38.5 Å². The van der Waals surface area contributed by atoms with Crippen LogP contribution in [-0.4, -0.2) is 35.2 Å². The van der Waals surface area contributed by atoms with Gasteiger partial charge in [0.15, 0.2) is 0 Å². The quantitative estimate of drug-likeness (QED) is 0.663. The highest BCUT2D eigenvalue weighted by Gasteiger charge is 2.28. The summed E-state index contributed by atoms with van der Waals surface area (Å²) in [6.07, 6.45) is 0. The molecular formula is C17H17Cl2NO5S. The topological polar surface area (TPSA) is 72.9 Å². The van der Waals surface area contributed by atoms with Gasteiger partial charge in [-0.25, -0.2) is 13.2 Å². The number of sulfonamides is 1. The monoisotopic (exact) mass is 417 g/mol. The van der Waals surface area contributed by atoms with Crippen LogP contribution in [0.1, 0.15) is 17.3 Å². The Labute approximate surface area is 162 Å². The number of nitrogens with zero attached hydrogens (tertiary/aromatic N) is 1. The largest absolute Gasteiger partial charge is 0.495 e. The lowest BCUT2D eigenvalue weighted by Gasteiger charge is -2.24. The number of esters is 1. The van der Waals surface area contributed by atoms with Crippen molar-refractivity contribution in [2.75, 3.05) is 25.1 Å². The summed E-state index contributed by atoms with van der Waals surface area (Å²) < 4.78 is 37.1. The second kappa shape index (κ2) is 8.16. The second-order valence-electron chi connectivity index (χ2n) is 5.11. The highest BCUT2D eigenvalue weighted by molar-refractivity contribution is 7.93. The first-order valence-electron chi connectivity index (χ1n) is 7.51. The third-order valence-corrected chi connectivity index (χ3v) is 6.56. The first kappa shape index (κ1) is 20.4. The number of hydrogen-bond acceptors (Lipinski definition) is 5. The van der Waals surface area contributed by atoms with Crippen LogP contribution in [0.3, 0.4) is 0 Å². The number of carbonyl (C=O) groups excluding carboxylic acids is 1. The van der Waals surface area contributed by atoms with Gasteiger partial charge in [-0.1, -0.05) is 29.3 Å². The van der Waals surface area contributed by atoms with E-state index in [9.17, 15) is 13.2 Å². The fourth-order valence-electron chi connectivity index (χ4n) is 2.39. The van der Waals surface area contributed by atoms with Crippen molar-refractivity contribution in [2.45, 2.75) is 11.8 Å². The predicted octanol–water partition coefficient (Wildman–Crippen LogP) is 4.00. The smallest absolute Gasteiger partial charge is 0.337 e. The van der Waals surface area contributed by atoms with E-state index in [2.05, 4.69) is 4.74 Å². The molecular weight excluding hydrogens is 401 g/mol. The minimum Gasteiger partial charge on any atom is -0.495 e. The molecule has 0 bridgehead atoms. The van der Waals surface area contributed by atoms with Crippen molar-refractivity contribution < 1.29 is 22.7 Å². The number of carbonyl (C=O) groups is 1. The lowest BCUT2D eigenvalue weighted by atomic mass is 10.2. The molecule has 0 aliphatic heterocycles. The van der Waals surface area contributed by atoms with Gasteiger partial charge in [0.05, 0.1) is 30.5 Å². The maximum atomic E-state index is 13.1. The molecule has 6 nitrogen and oxygen atoms in total. The summed E-state index contributed by atoms with van der Waals surface area (Å²) in [6.45, 7) is 1.79. The zero-order valence-corrected chi connectivity index (χ0v) is 16.7. The molecule has 0 amide bonds. The third kappa shape index (κ3) is 3.75. The summed E-state index contributed by atoms with van der Waals surface area (Å²) in [7, 11) is -1.36. The standard InChI is InChI=1S/C17H17Cl2NO5S/c1-4-20(12-7-5-6-11(10-12)17(21)25-3)26(22,23)14-9-8-13(24-2)15(18)16(14)19/h5-10H,4H2,1-3H3. The molecule has 9 heteroatoms. The maximum Gasteiger partial charge on any atom is 0.337 e. The van der Waals surface area contributed by atoms with E-state index in [0.29, 0.717) is 5.69 Å². The molecule has 2 aromatic rings. The van der Waals surface area contributed by atoms with Crippen LogP contribution in [0.2, 0.25) is 10.0 Å². The van der Waals surface area contributed by atoms with E-state index >= 15 is 0 Å². The molecule has 0 saturated carbocycles. The normalized spacial score (nSPS) is 11.1. The Balaban J connectivity index is 2.57. The highest BCUT2D eigenvalue weighted by Crippen LogP contribution is 2.38. The fourth-order valence-corrected chi connectivity index (χ4v) is 4.67. The van der Waals surface area contributed by atoms with Gasteiger partial charge in [-0.15, -0.1) is 0 Å². The molecule has 2 aromatic carbocycles. The summed E-state index contributed by atoms with van der Waals surface area (Å²) in [5.41, 5.74) is 0.538.